The molecule has 0 radical (unpaired) electrons. The summed E-state index contributed by atoms with van der Waals surface area (Å²) in [6.07, 6.45) is 2.94. The lowest BCUT2D eigenvalue weighted by Gasteiger charge is -2.59. The van der Waals surface area contributed by atoms with Crippen LogP contribution in [0.4, 0.5) is 8.78 Å². The number of esters is 1. The largest absolute Gasteiger partial charge is 0.465 e. The van der Waals surface area contributed by atoms with Crippen LogP contribution in [0.15, 0.2) is 0 Å². The van der Waals surface area contributed by atoms with Crippen molar-refractivity contribution in [3.8, 4) is 0 Å². The van der Waals surface area contributed by atoms with Crippen LogP contribution < -0.4 is 0 Å². The van der Waals surface area contributed by atoms with Gasteiger partial charge in [0, 0.05) is 11.5 Å². The van der Waals surface area contributed by atoms with Crippen molar-refractivity contribution in [2.45, 2.75) is 49.8 Å². The highest BCUT2D eigenvalue weighted by molar-refractivity contribution is 7.99. The molecule has 0 spiro atoms. The number of alkyl halides is 2. The molecule has 1 aliphatic heterocycles. The molecule has 0 aromatic rings. The van der Waals surface area contributed by atoms with Crippen LogP contribution in [0.5, 0.6) is 0 Å². The number of thioether (sulfide) groups is 1. The minimum absolute atomic E-state index is 0.0730. The molecule has 3 atom stereocenters. The van der Waals surface area contributed by atoms with Gasteiger partial charge in [-0.05, 0) is 55.3 Å². The average molecular weight is 443 g/mol. The maximum atomic E-state index is 13.6. The Kier molecular flexibility index (Phi) is 5.44. The number of hydrogen-bond acceptors (Lipinski definition) is 7. The van der Waals surface area contributed by atoms with Gasteiger partial charge in [0.1, 0.15) is 6.10 Å². The van der Waals surface area contributed by atoms with Crippen molar-refractivity contribution in [3.05, 3.63) is 0 Å². The smallest absolute Gasteiger partial charge is 0.456 e. The number of rotatable bonds is 6. The number of carbonyl (C=O) groups is 1. The molecule has 1 saturated heterocycles. The minimum atomic E-state index is -5.85. The van der Waals surface area contributed by atoms with Crippen molar-refractivity contribution in [2.24, 2.45) is 23.2 Å². The van der Waals surface area contributed by atoms with Crippen molar-refractivity contribution in [2.75, 3.05) is 24.7 Å². The summed E-state index contributed by atoms with van der Waals surface area (Å²) in [5, 5.41) is -4.95. The zero-order chi connectivity index (χ0) is 20.2. The topological polar surface area (TPSA) is 99.1 Å². The van der Waals surface area contributed by atoms with E-state index in [2.05, 4.69) is 0 Å². The van der Waals surface area contributed by atoms with E-state index < -0.39 is 27.4 Å². The van der Waals surface area contributed by atoms with Gasteiger partial charge in [-0.2, -0.15) is 29.0 Å². The summed E-state index contributed by atoms with van der Waals surface area (Å²) < 4.78 is 74.0. The fourth-order valence-electron chi connectivity index (χ4n) is 5.64. The molecule has 160 valence electrons. The highest BCUT2D eigenvalue weighted by Crippen LogP contribution is 2.61. The average Bonchev–Trinajstić information content (AvgIpc) is 2.62. The first-order valence-electron chi connectivity index (χ1n) is 9.46. The molecule has 4 bridgehead atoms. The van der Waals surface area contributed by atoms with Gasteiger partial charge in [-0.25, -0.2) is 4.79 Å². The van der Waals surface area contributed by atoms with Crippen LogP contribution in [0.1, 0.15) is 32.1 Å². The van der Waals surface area contributed by atoms with Crippen LogP contribution in [0.3, 0.4) is 0 Å². The minimum Gasteiger partial charge on any atom is -0.456 e. The van der Waals surface area contributed by atoms with Gasteiger partial charge in [0.05, 0.1) is 13.2 Å². The van der Waals surface area contributed by atoms with Crippen LogP contribution in [-0.2, 0) is 29.1 Å². The lowest BCUT2D eigenvalue weighted by molar-refractivity contribution is -0.212. The second-order valence-corrected chi connectivity index (χ2v) is 11.1. The van der Waals surface area contributed by atoms with E-state index in [4.69, 9.17) is 18.8 Å². The van der Waals surface area contributed by atoms with E-state index in [1.54, 1.807) is 11.8 Å². The van der Waals surface area contributed by atoms with E-state index in [1.807, 2.05) is 0 Å². The van der Waals surface area contributed by atoms with Gasteiger partial charge in [-0.3, -0.25) is 4.55 Å². The molecular weight excluding hydrogens is 418 g/mol. The highest BCUT2D eigenvalue weighted by Gasteiger charge is 2.60. The van der Waals surface area contributed by atoms with Crippen molar-refractivity contribution in [1.29, 1.82) is 0 Å². The van der Waals surface area contributed by atoms with E-state index in [0.717, 1.165) is 30.8 Å². The van der Waals surface area contributed by atoms with E-state index in [-0.39, 0.29) is 23.5 Å². The quantitative estimate of drug-likeness (QED) is 0.494. The van der Waals surface area contributed by atoms with E-state index in [0.29, 0.717) is 32.0 Å². The second-order valence-electron chi connectivity index (χ2n) is 8.52. The lowest BCUT2D eigenvalue weighted by Crippen LogP contribution is -2.57. The summed E-state index contributed by atoms with van der Waals surface area (Å²) in [6, 6.07) is 0. The van der Waals surface area contributed by atoms with Crippen molar-refractivity contribution < 1.29 is 40.8 Å². The molecule has 5 aliphatic rings. The summed E-state index contributed by atoms with van der Waals surface area (Å²) >= 11 is 1.78. The Morgan fingerprint density at radius 3 is 2.50 bits per heavy atom. The van der Waals surface area contributed by atoms with Gasteiger partial charge < -0.3 is 14.2 Å². The van der Waals surface area contributed by atoms with Crippen molar-refractivity contribution in [3.63, 3.8) is 0 Å². The molecule has 5 rings (SSSR count). The molecule has 28 heavy (non-hydrogen) atoms. The van der Waals surface area contributed by atoms with Crippen LogP contribution in [-0.4, -0.2) is 61.3 Å². The molecule has 0 aromatic heterocycles. The van der Waals surface area contributed by atoms with Crippen molar-refractivity contribution in [1.82, 2.24) is 0 Å². The van der Waals surface area contributed by atoms with Crippen LogP contribution >= 0.6 is 11.8 Å². The third kappa shape index (κ3) is 3.80. The van der Waals surface area contributed by atoms with E-state index in [1.165, 1.54) is 0 Å². The van der Waals surface area contributed by atoms with Gasteiger partial charge in [-0.1, -0.05) is 0 Å². The Bertz CT molecular complexity index is 707. The predicted octanol–water partition coefficient (Wildman–Crippen LogP) is 2.31. The van der Waals surface area contributed by atoms with Crippen LogP contribution in [0.25, 0.3) is 0 Å². The lowest BCUT2D eigenvalue weighted by atomic mass is 9.49. The molecule has 5 fully saturated rings. The third-order valence-corrected chi connectivity index (χ3v) is 8.26. The predicted molar refractivity (Wildman–Crippen MR) is 95.4 cm³/mol. The summed E-state index contributed by atoms with van der Waals surface area (Å²) in [5.74, 6) is -0.212. The molecule has 0 amide bonds. The number of hydrogen-bond donors (Lipinski definition) is 1. The van der Waals surface area contributed by atoms with E-state index >= 15 is 0 Å². The fourth-order valence-corrected chi connectivity index (χ4v) is 6.67. The Morgan fingerprint density at radius 1 is 1.25 bits per heavy atom. The fraction of sp³-hybridized carbons (Fsp3) is 0.941. The molecule has 0 aromatic carbocycles. The molecule has 4 saturated carbocycles. The third-order valence-electron chi connectivity index (χ3n) is 6.48. The molecule has 1 N–H and O–H groups in total. The number of ether oxygens (including phenoxy) is 3. The molecule has 11 heteroatoms. The second kappa shape index (κ2) is 7.33. The Morgan fingerprint density at radius 2 is 1.93 bits per heavy atom. The zero-order valence-electron chi connectivity index (χ0n) is 15.2. The number of carbonyl (C=O) groups excluding carboxylic acids is 1. The molecule has 1 heterocycles. The normalized spacial score (nSPS) is 40.5. The molecule has 3 unspecified atom stereocenters. The highest BCUT2D eigenvalue weighted by atomic mass is 32.2. The Hall–Kier alpha value is -0.490. The number of halogens is 2. The first-order valence-corrected chi connectivity index (χ1v) is 12.1. The van der Waals surface area contributed by atoms with Gasteiger partial charge in [-0.15, -0.1) is 0 Å². The Balaban J connectivity index is 1.41. The van der Waals surface area contributed by atoms with Crippen LogP contribution in [0, 0.1) is 23.2 Å². The molecule has 4 aliphatic carbocycles. The molecule has 7 nitrogen and oxygen atoms in total. The summed E-state index contributed by atoms with van der Waals surface area (Å²) in [5.41, 5.74) is -0.0730. The van der Waals surface area contributed by atoms with E-state index in [9.17, 15) is 22.0 Å². The van der Waals surface area contributed by atoms with Gasteiger partial charge in [0.2, 0.25) is 0 Å². The van der Waals surface area contributed by atoms with Crippen LogP contribution in [0.2, 0.25) is 0 Å². The van der Waals surface area contributed by atoms with Crippen molar-refractivity contribution >= 4 is 27.8 Å². The maximum absolute atomic E-state index is 13.6. The first-order chi connectivity index (χ1) is 13.1. The first kappa shape index (κ1) is 20.8. The standard InChI is InChI=1S/C17H24F2O7S2/c18-17(19,28(21,22)23)15(20)26-14-11-3-10-4-12(14)7-16(5-10,6-11)9-25-13-8-27-2-1-24-13/h10-14H,1-9H2,(H,21,22,23). The SMILES string of the molecule is O=C(OC1C2CC3CC1CC(COC1CSCCO1)(C3)C2)C(F)(F)S(=O)(=O)O. The maximum Gasteiger partial charge on any atom is 0.465 e. The van der Waals surface area contributed by atoms with Gasteiger partial charge in [0.15, 0.2) is 6.29 Å². The van der Waals surface area contributed by atoms with Gasteiger partial charge >= 0.3 is 21.3 Å². The summed E-state index contributed by atoms with van der Waals surface area (Å²) in [4.78, 5) is 11.8. The summed E-state index contributed by atoms with van der Waals surface area (Å²) in [7, 11) is -5.85. The van der Waals surface area contributed by atoms with Gasteiger partial charge in [0.25, 0.3) is 0 Å². The summed E-state index contributed by atoms with van der Waals surface area (Å²) in [6.45, 7) is 1.19. The molecular formula is C17H24F2O7S2. The monoisotopic (exact) mass is 442 g/mol. The Labute approximate surface area is 166 Å². The zero-order valence-corrected chi connectivity index (χ0v) is 16.9.